The molecule has 0 aliphatic carbocycles. The van der Waals surface area contributed by atoms with Crippen LogP contribution in [-0.4, -0.2) is 26.9 Å². The molecule has 1 aliphatic heterocycles. The molecule has 2 rings (SSSR count). The molecule has 8 heteroatoms. The lowest BCUT2D eigenvalue weighted by atomic mass is 10.2. The molecular weight excluding hydrogens is 273 g/mol. The molecular formula is C11H14FN3O3S. The molecule has 6 nitrogen and oxygen atoms in total. The summed E-state index contributed by atoms with van der Waals surface area (Å²) in [7, 11) is -3.88. The van der Waals surface area contributed by atoms with E-state index in [1.807, 2.05) is 0 Å². The van der Waals surface area contributed by atoms with Gasteiger partial charge in [-0.05, 0) is 24.6 Å². The average Bonchev–Trinajstić information content (AvgIpc) is 2.76. The second-order valence-corrected chi connectivity index (χ2v) is 6.07. The second kappa shape index (κ2) is 5.14. The Morgan fingerprint density at radius 3 is 2.84 bits per heavy atom. The average molecular weight is 287 g/mol. The standard InChI is InChI=1S/C11H14FN3O3S/c12-7-1-3-9(13)10(5-7)19(17,18)14-6-8-2-4-11(16)15-8/h1,3,5,8,14H,2,4,6,13H2,(H,15,16). The predicted molar refractivity (Wildman–Crippen MR) is 67.2 cm³/mol. The van der Waals surface area contributed by atoms with Crippen molar-refractivity contribution < 1.29 is 17.6 Å². The summed E-state index contributed by atoms with van der Waals surface area (Å²) in [6.45, 7) is 0.0596. The molecule has 1 saturated heterocycles. The summed E-state index contributed by atoms with van der Waals surface area (Å²) < 4.78 is 39.3. The van der Waals surface area contributed by atoms with E-state index in [2.05, 4.69) is 10.0 Å². The minimum absolute atomic E-state index is 0.0237. The van der Waals surface area contributed by atoms with Gasteiger partial charge in [-0.2, -0.15) is 0 Å². The fraction of sp³-hybridized carbons (Fsp3) is 0.364. The number of rotatable bonds is 4. The van der Waals surface area contributed by atoms with E-state index in [1.54, 1.807) is 0 Å². The molecule has 1 heterocycles. The van der Waals surface area contributed by atoms with Crippen LogP contribution in [-0.2, 0) is 14.8 Å². The number of sulfonamides is 1. The molecule has 1 atom stereocenters. The number of hydrogen-bond acceptors (Lipinski definition) is 4. The van der Waals surface area contributed by atoms with Crippen molar-refractivity contribution >= 4 is 21.6 Å². The molecule has 0 aromatic heterocycles. The van der Waals surface area contributed by atoms with Crippen molar-refractivity contribution in [1.29, 1.82) is 0 Å². The predicted octanol–water partition coefficient (Wildman–Crippen LogP) is -0.0352. The first-order chi connectivity index (χ1) is 8.88. The Bertz CT molecular complexity index is 603. The van der Waals surface area contributed by atoms with Crippen molar-refractivity contribution in [2.75, 3.05) is 12.3 Å². The van der Waals surface area contributed by atoms with Crippen LogP contribution in [0.4, 0.5) is 10.1 Å². The number of nitrogen functional groups attached to an aromatic ring is 1. The zero-order valence-corrected chi connectivity index (χ0v) is 10.8. The summed E-state index contributed by atoms with van der Waals surface area (Å²) in [5, 5.41) is 2.63. The zero-order valence-electron chi connectivity index (χ0n) is 10.0. The van der Waals surface area contributed by atoms with E-state index in [1.165, 1.54) is 6.07 Å². The van der Waals surface area contributed by atoms with E-state index >= 15 is 0 Å². The van der Waals surface area contributed by atoms with Crippen molar-refractivity contribution in [3.63, 3.8) is 0 Å². The van der Waals surface area contributed by atoms with Crippen LogP contribution >= 0.6 is 0 Å². The number of halogens is 1. The largest absolute Gasteiger partial charge is 0.398 e. The number of anilines is 1. The number of nitrogens with one attached hydrogen (secondary N) is 2. The van der Waals surface area contributed by atoms with Gasteiger partial charge in [-0.25, -0.2) is 17.5 Å². The van der Waals surface area contributed by atoms with Gasteiger partial charge in [-0.1, -0.05) is 0 Å². The lowest BCUT2D eigenvalue weighted by Gasteiger charge is -2.13. The Morgan fingerprint density at radius 2 is 2.21 bits per heavy atom. The topological polar surface area (TPSA) is 101 Å². The highest BCUT2D eigenvalue weighted by Gasteiger charge is 2.24. The van der Waals surface area contributed by atoms with Crippen molar-refractivity contribution in [1.82, 2.24) is 10.0 Å². The summed E-state index contributed by atoms with van der Waals surface area (Å²) in [6, 6.07) is 2.91. The molecule has 1 unspecified atom stereocenters. The van der Waals surface area contributed by atoms with Gasteiger partial charge in [0.15, 0.2) is 0 Å². The van der Waals surface area contributed by atoms with Gasteiger partial charge in [-0.15, -0.1) is 0 Å². The van der Waals surface area contributed by atoms with Crippen LogP contribution in [0.25, 0.3) is 0 Å². The van der Waals surface area contributed by atoms with Gasteiger partial charge in [0.05, 0.1) is 5.69 Å². The number of amides is 1. The Labute approximate surface area is 110 Å². The van der Waals surface area contributed by atoms with E-state index in [-0.39, 0.29) is 29.1 Å². The number of benzene rings is 1. The number of carbonyl (C=O) groups excluding carboxylic acids is 1. The SMILES string of the molecule is Nc1ccc(F)cc1S(=O)(=O)NCC1CCC(=O)N1. The molecule has 0 saturated carbocycles. The Morgan fingerprint density at radius 1 is 1.47 bits per heavy atom. The molecule has 1 aliphatic rings. The third kappa shape index (κ3) is 3.21. The maximum absolute atomic E-state index is 13.1. The van der Waals surface area contributed by atoms with Crippen LogP contribution in [0.5, 0.6) is 0 Å². The highest BCUT2D eigenvalue weighted by atomic mass is 32.2. The fourth-order valence-electron chi connectivity index (χ4n) is 1.86. The maximum atomic E-state index is 13.1. The monoisotopic (exact) mass is 287 g/mol. The molecule has 19 heavy (non-hydrogen) atoms. The fourth-order valence-corrected chi connectivity index (χ4v) is 3.08. The van der Waals surface area contributed by atoms with Gasteiger partial charge in [-0.3, -0.25) is 4.79 Å². The summed E-state index contributed by atoms with van der Waals surface area (Å²) in [5.74, 6) is -0.779. The lowest BCUT2D eigenvalue weighted by Crippen LogP contribution is -2.38. The highest BCUT2D eigenvalue weighted by Crippen LogP contribution is 2.19. The van der Waals surface area contributed by atoms with Crippen LogP contribution in [0.3, 0.4) is 0 Å². The van der Waals surface area contributed by atoms with Gasteiger partial charge in [0, 0.05) is 19.0 Å². The Balaban J connectivity index is 2.10. The molecule has 0 radical (unpaired) electrons. The van der Waals surface area contributed by atoms with E-state index in [4.69, 9.17) is 5.73 Å². The smallest absolute Gasteiger partial charge is 0.242 e. The lowest BCUT2D eigenvalue weighted by molar-refractivity contribution is -0.119. The first kappa shape index (κ1) is 13.8. The van der Waals surface area contributed by atoms with E-state index in [0.717, 1.165) is 12.1 Å². The Hall–Kier alpha value is -1.67. The third-order valence-corrected chi connectivity index (χ3v) is 4.35. The highest BCUT2D eigenvalue weighted by molar-refractivity contribution is 7.89. The van der Waals surface area contributed by atoms with Crippen molar-refractivity contribution in [2.45, 2.75) is 23.8 Å². The van der Waals surface area contributed by atoms with Gasteiger partial charge in [0.1, 0.15) is 10.7 Å². The first-order valence-electron chi connectivity index (χ1n) is 5.72. The van der Waals surface area contributed by atoms with E-state index in [9.17, 15) is 17.6 Å². The quantitative estimate of drug-likeness (QED) is 0.677. The minimum atomic E-state index is -3.88. The molecule has 1 amide bonds. The van der Waals surface area contributed by atoms with Gasteiger partial charge in [0.2, 0.25) is 15.9 Å². The van der Waals surface area contributed by atoms with Gasteiger partial charge in [0.25, 0.3) is 0 Å². The molecule has 0 spiro atoms. The van der Waals surface area contributed by atoms with E-state index in [0.29, 0.717) is 12.8 Å². The molecule has 0 bridgehead atoms. The van der Waals surface area contributed by atoms with Crippen molar-refractivity contribution in [2.24, 2.45) is 0 Å². The van der Waals surface area contributed by atoms with Crippen LogP contribution in [0.1, 0.15) is 12.8 Å². The normalized spacial score (nSPS) is 19.4. The van der Waals surface area contributed by atoms with E-state index < -0.39 is 15.8 Å². The molecule has 104 valence electrons. The number of nitrogens with two attached hydrogens (primary N) is 1. The van der Waals surface area contributed by atoms with Crippen LogP contribution < -0.4 is 15.8 Å². The minimum Gasteiger partial charge on any atom is -0.398 e. The number of carbonyl (C=O) groups is 1. The molecule has 4 N–H and O–H groups in total. The Kier molecular flexibility index (Phi) is 3.72. The van der Waals surface area contributed by atoms with Crippen LogP contribution in [0.2, 0.25) is 0 Å². The summed E-state index contributed by atoms with van der Waals surface area (Å²) >= 11 is 0. The maximum Gasteiger partial charge on any atom is 0.242 e. The second-order valence-electron chi connectivity index (χ2n) is 4.34. The van der Waals surface area contributed by atoms with Crippen molar-refractivity contribution in [3.8, 4) is 0 Å². The summed E-state index contributed by atoms with van der Waals surface area (Å²) in [5.41, 5.74) is 5.50. The van der Waals surface area contributed by atoms with Crippen LogP contribution in [0.15, 0.2) is 23.1 Å². The molecule has 1 aromatic carbocycles. The zero-order chi connectivity index (χ0) is 14.0. The van der Waals surface area contributed by atoms with Gasteiger partial charge < -0.3 is 11.1 Å². The number of hydrogen-bond donors (Lipinski definition) is 3. The third-order valence-electron chi connectivity index (χ3n) is 2.87. The first-order valence-corrected chi connectivity index (χ1v) is 7.21. The summed E-state index contributed by atoms with van der Waals surface area (Å²) in [4.78, 5) is 10.7. The summed E-state index contributed by atoms with van der Waals surface area (Å²) in [6.07, 6.45) is 0.953. The molecule has 1 fully saturated rings. The van der Waals surface area contributed by atoms with Crippen LogP contribution in [0, 0.1) is 5.82 Å². The van der Waals surface area contributed by atoms with Crippen molar-refractivity contribution in [3.05, 3.63) is 24.0 Å². The molecule has 1 aromatic rings. The van der Waals surface area contributed by atoms with Gasteiger partial charge >= 0.3 is 0 Å².